The lowest BCUT2D eigenvalue weighted by atomic mass is 9.95. The lowest BCUT2D eigenvalue weighted by molar-refractivity contribution is -0.141. The van der Waals surface area contributed by atoms with Crippen LogP contribution in [0, 0.1) is 0 Å². The van der Waals surface area contributed by atoms with Crippen molar-refractivity contribution in [3.8, 4) is 56.4 Å². The average Bonchev–Trinajstić information content (AvgIpc) is 3.04. The average molecular weight is 657 g/mol. The monoisotopic (exact) mass is 656 g/mol. The molecule has 0 aliphatic heterocycles. The molecule has 4 rings (SSSR count). The molecule has 0 N–H and O–H groups in total. The van der Waals surface area contributed by atoms with Gasteiger partial charge in [0.1, 0.15) is 23.0 Å². The van der Waals surface area contributed by atoms with E-state index < -0.39 is 35.4 Å². The van der Waals surface area contributed by atoms with E-state index in [1.807, 2.05) is 0 Å². The number of methoxy groups -OCH3 is 1. The summed E-state index contributed by atoms with van der Waals surface area (Å²) in [7, 11) is 1.48. The van der Waals surface area contributed by atoms with Gasteiger partial charge in [-0.25, -0.2) is 14.4 Å². The summed E-state index contributed by atoms with van der Waals surface area (Å²) in [5.74, 6) is -1.84. The summed E-state index contributed by atoms with van der Waals surface area (Å²) in [6, 6.07) is 19.9. The summed E-state index contributed by atoms with van der Waals surface area (Å²) in [5.41, 5.74) is 2.09. The van der Waals surface area contributed by atoms with E-state index in [2.05, 4.69) is 13.2 Å². The van der Waals surface area contributed by atoms with E-state index in [1.54, 1.807) is 74.5 Å². The van der Waals surface area contributed by atoms with Crippen LogP contribution in [0.5, 0.6) is 23.0 Å². The van der Waals surface area contributed by atoms with Crippen molar-refractivity contribution in [2.45, 2.75) is 26.9 Å². The number of halogens is 3. The van der Waals surface area contributed by atoms with Crippen molar-refractivity contribution in [2.75, 3.05) is 7.11 Å². The van der Waals surface area contributed by atoms with E-state index in [1.165, 1.54) is 32.3 Å². The van der Waals surface area contributed by atoms with Crippen LogP contribution in [-0.4, -0.2) is 25.0 Å². The Morgan fingerprint density at radius 1 is 0.646 bits per heavy atom. The highest BCUT2D eigenvalue weighted by Crippen LogP contribution is 2.43. The second-order valence-electron chi connectivity index (χ2n) is 10.6. The van der Waals surface area contributed by atoms with Gasteiger partial charge in [-0.15, -0.1) is 0 Å². The number of ether oxygens (including phenoxy) is 4. The third-order valence-corrected chi connectivity index (χ3v) is 6.90. The molecule has 246 valence electrons. The first-order chi connectivity index (χ1) is 22.7. The van der Waals surface area contributed by atoms with Gasteiger partial charge in [-0.05, 0) is 79.4 Å². The summed E-state index contributed by atoms with van der Waals surface area (Å²) in [6.45, 7) is 11.5. The molecule has 0 saturated carbocycles. The first kappa shape index (κ1) is 35.0. The fraction of sp³-hybridized carbons (Fsp3) is 0.132. The molecule has 10 heteroatoms. The van der Waals surface area contributed by atoms with Crippen molar-refractivity contribution >= 4 is 17.9 Å². The van der Waals surface area contributed by atoms with Crippen LogP contribution < -0.4 is 18.9 Å². The van der Waals surface area contributed by atoms with Crippen molar-refractivity contribution in [2.24, 2.45) is 0 Å². The van der Waals surface area contributed by atoms with E-state index in [0.717, 1.165) is 12.1 Å². The number of allylic oxidation sites excluding steroid dienone is 1. The van der Waals surface area contributed by atoms with Crippen molar-refractivity contribution < 1.29 is 46.5 Å². The number of carbonyl (C=O) groups excluding carboxylic acids is 3. The SMILES string of the molecule is C=C(C)C(=O)Oc1ccc(-c2cc(OC(=O)/C=C/C)c(-c3ccc(-c4ccc(OC(=O)C(=C)C)c(C(F)(F)F)c4)cc3)cc2OC)cc1. The van der Waals surface area contributed by atoms with Crippen LogP contribution in [0.1, 0.15) is 26.3 Å². The number of alkyl halides is 3. The van der Waals surface area contributed by atoms with E-state index in [9.17, 15) is 27.6 Å². The largest absolute Gasteiger partial charge is 0.496 e. The van der Waals surface area contributed by atoms with Gasteiger partial charge in [-0.2, -0.15) is 13.2 Å². The Hall–Kier alpha value is -5.90. The van der Waals surface area contributed by atoms with Gasteiger partial charge >= 0.3 is 24.1 Å². The van der Waals surface area contributed by atoms with Crippen molar-refractivity contribution in [1.82, 2.24) is 0 Å². The molecule has 0 radical (unpaired) electrons. The highest BCUT2D eigenvalue weighted by molar-refractivity contribution is 5.90. The Morgan fingerprint density at radius 3 is 1.69 bits per heavy atom. The predicted octanol–water partition coefficient (Wildman–Crippen LogP) is 9.16. The van der Waals surface area contributed by atoms with Gasteiger partial charge in [0.15, 0.2) is 0 Å². The number of esters is 3. The lowest BCUT2D eigenvalue weighted by Crippen LogP contribution is -2.14. The van der Waals surface area contributed by atoms with Crippen LogP contribution >= 0.6 is 0 Å². The molecule has 0 bridgehead atoms. The first-order valence-corrected chi connectivity index (χ1v) is 14.5. The minimum Gasteiger partial charge on any atom is -0.496 e. The number of hydrogen-bond acceptors (Lipinski definition) is 7. The highest BCUT2D eigenvalue weighted by atomic mass is 19.4. The van der Waals surface area contributed by atoms with Crippen LogP contribution in [0.15, 0.2) is 115 Å². The Bertz CT molecular complexity index is 1920. The molecule has 0 aromatic heterocycles. The lowest BCUT2D eigenvalue weighted by Gasteiger charge is -2.17. The van der Waals surface area contributed by atoms with Crippen molar-refractivity contribution in [3.63, 3.8) is 0 Å². The van der Waals surface area contributed by atoms with E-state index in [-0.39, 0.29) is 22.5 Å². The molecule has 4 aromatic carbocycles. The second kappa shape index (κ2) is 14.7. The molecular formula is C38H31F3O7. The normalized spacial score (nSPS) is 11.1. The molecule has 0 aliphatic carbocycles. The van der Waals surface area contributed by atoms with Crippen LogP contribution in [0.4, 0.5) is 13.2 Å². The number of hydrogen-bond donors (Lipinski definition) is 0. The van der Waals surface area contributed by atoms with Crippen molar-refractivity contribution in [3.05, 3.63) is 121 Å². The Kier molecular flexibility index (Phi) is 10.7. The minimum atomic E-state index is -4.79. The van der Waals surface area contributed by atoms with Gasteiger partial charge in [0, 0.05) is 28.3 Å². The summed E-state index contributed by atoms with van der Waals surface area (Å²) in [6.07, 6.45) is -2.00. The van der Waals surface area contributed by atoms with Crippen LogP contribution in [0.25, 0.3) is 33.4 Å². The summed E-state index contributed by atoms with van der Waals surface area (Å²) in [5, 5.41) is 0. The second-order valence-corrected chi connectivity index (χ2v) is 10.6. The third kappa shape index (κ3) is 8.27. The molecule has 0 aliphatic rings. The van der Waals surface area contributed by atoms with Gasteiger partial charge in [-0.1, -0.05) is 61.7 Å². The number of carbonyl (C=O) groups is 3. The third-order valence-electron chi connectivity index (χ3n) is 6.90. The number of rotatable bonds is 10. The topological polar surface area (TPSA) is 88.1 Å². The van der Waals surface area contributed by atoms with Crippen LogP contribution in [0.2, 0.25) is 0 Å². The van der Waals surface area contributed by atoms with Crippen LogP contribution in [-0.2, 0) is 20.6 Å². The van der Waals surface area contributed by atoms with Gasteiger partial charge in [-0.3, -0.25) is 0 Å². The molecule has 0 amide bonds. The molecule has 0 unspecified atom stereocenters. The maximum atomic E-state index is 13.9. The maximum absolute atomic E-state index is 13.9. The Balaban J connectivity index is 1.75. The zero-order valence-corrected chi connectivity index (χ0v) is 26.6. The molecule has 7 nitrogen and oxygen atoms in total. The van der Waals surface area contributed by atoms with Crippen molar-refractivity contribution in [1.29, 1.82) is 0 Å². The Labute approximate surface area is 275 Å². The maximum Gasteiger partial charge on any atom is 0.420 e. The van der Waals surface area contributed by atoms with E-state index in [4.69, 9.17) is 18.9 Å². The summed E-state index contributed by atoms with van der Waals surface area (Å²) in [4.78, 5) is 36.4. The Morgan fingerprint density at radius 2 is 1.15 bits per heavy atom. The molecule has 0 atom stereocenters. The molecule has 0 saturated heterocycles. The summed E-state index contributed by atoms with van der Waals surface area (Å²) >= 11 is 0. The molecule has 4 aromatic rings. The van der Waals surface area contributed by atoms with E-state index >= 15 is 0 Å². The molecule has 0 spiro atoms. The fourth-order valence-electron chi connectivity index (χ4n) is 4.49. The fourth-order valence-corrected chi connectivity index (χ4v) is 4.49. The highest BCUT2D eigenvalue weighted by Gasteiger charge is 2.35. The zero-order valence-electron chi connectivity index (χ0n) is 26.6. The minimum absolute atomic E-state index is 0.0391. The standard InChI is InChI=1S/C38H31F3O7/c1-7-8-35(42)47-34-21-29(26-13-16-28(17-14-26)46-36(43)22(2)3)33(45-6)20-30(34)25-11-9-24(10-12-25)27-15-18-32(48-37(44)23(4)5)31(19-27)38(39,40)41/h7-21H,2,4H2,1,3,5-6H3/b8-7+. The van der Waals surface area contributed by atoms with Gasteiger partial charge in [0.25, 0.3) is 0 Å². The first-order valence-electron chi connectivity index (χ1n) is 14.5. The molecular weight excluding hydrogens is 625 g/mol. The number of benzene rings is 4. The van der Waals surface area contributed by atoms with E-state index in [0.29, 0.717) is 39.3 Å². The molecule has 0 heterocycles. The van der Waals surface area contributed by atoms with Crippen LogP contribution in [0.3, 0.4) is 0 Å². The predicted molar refractivity (Wildman–Crippen MR) is 176 cm³/mol. The van der Waals surface area contributed by atoms with Gasteiger partial charge < -0.3 is 18.9 Å². The smallest absolute Gasteiger partial charge is 0.420 e. The quantitative estimate of drug-likeness (QED) is 0.0956. The molecule has 0 fully saturated rings. The molecule has 48 heavy (non-hydrogen) atoms. The summed E-state index contributed by atoms with van der Waals surface area (Å²) < 4.78 is 63.3. The zero-order chi connectivity index (χ0) is 35.2. The van der Waals surface area contributed by atoms with Gasteiger partial charge in [0.2, 0.25) is 0 Å². The van der Waals surface area contributed by atoms with Gasteiger partial charge in [0.05, 0.1) is 12.7 Å².